The van der Waals surface area contributed by atoms with E-state index < -0.39 is 0 Å². The van der Waals surface area contributed by atoms with E-state index in [0.717, 1.165) is 77.9 Å². The van der Waals surface area contributed by atoms with Crippen LogP contribution in [0.4, 0.5) is 0 Å². The first-order chi connectivity index (χ1) is 23.8. The predicted octanol–water partition coefficient (Wildman–Crippen LogP) is 9.73. The Labute approximate surface area is 278 Å². The first-order valence-electron chi connectivity index (χ1n) is 15.6. The Kier molecular flexibility index (Phi) is 7.79. The third-order valence-electron chi connectivity index (χ3n) is 8.51. The maximum Gasteiger partial charge on any atom is 0.0273 e. The second kappa shape index (κ2) is 13.0. The van der Waals surface area contributed by atoms with E-state index in [1.165, 1.54) is 0 Å². The van der Waals surface area contributed by atoms with Crippen molar-refractivity contribution in [1.29, 1.82) is 0 Å². The molecule has 48 heavy (non-hydrogen) atoms. The molecule has 6 heteroatoms. The Morgan fingerprint density at radius 3 is 0.604 bits per heavy atom. The monoisotopic (exact) mass is 616 g/mol. The molecule has 0 bridgehead atoms. The van der Waals surface area contributed by atoms with Crippen LogP contribution in [0.15, 0.2) is 171 Å². The molecule has 0 fully saturated rings. The van der Waals surface area contributed by atoms with Gasteiger partial charge in [-0.25, -0.2) is 0 Å². The molecule has 0 saturated heterocycles. The standard InChI is InChI=1S/C42H28N6/c1-13-43-14-2-29(1)37-25-35(26-38(30-3-15-44-16-4-30)41(37)33-9-21-47-22-10-33)36-27-39(31-5-17-45-18-6-31)42(34-11-23-48-24-12-34)40(28-36)32-7-19-46-20-8-32/h1-28H. The normalized spacial score (nSPS) is 10.9. The van der Waals surface area contributed by atoms with Gasteiger partial charge in [0.05, 0.1) is 0 Å². The Hall–Kier alpha value is -6.66. The lowest BCUT2D eigenvalue weighted by molar-refractivity contribution is 1.32. The molecule has 8 aromatic rings. The number of pyridine rings is 6. The molecule has 0 aliphatic rings. The van der Waals surface area contributed by atoms with Crippen molar-refractivity contribution >= 4 is 0 Å². The zero-order chi connectivity index (χ0) is 32.1. The summed E-state index contributed by atoms with van der Waals surface area (Å²) in [5, 5.41) is 0. The second-order valence-electron chi connectivity index (χ2n) is 11.3. The number of nitrogens with zero attached hydrogens (tertiary/aromatic N) is 6. The summed E-state index contributed by atoms with van der Waals surface area (Å²) < 4.78 is 0. The van der Waals surface area contributed by atoms with Gasteiger partial charge in [-0.2, -0.15) is 0 Å². The van der Waals surface area contributed by atoms with E-state index in [0.29, 0.717) is 0 Å². The lowest BCUT2D eigenvalue weighted by Gasteiger charge is -2.21. The highest BCUT2D eigenvalue weighted by molar-refractivity contribution is 6.01. The lowest BCUT2D eigenvalue weighted by atomic mass is 9.82. The van der Waals surface area contributed by atoms with Crippen LogP contribution in [0.2, 0.25) is 0 Å². The summed E-state index contributed by atoms with van der Waals surface area (Å²) in [5.41, 5.74) is 15.3. The third kappa shape index (κ3) is 5.63. The second-order valence-corrected chi connectivity index (χ2v) is 11.3. The highest BCUT2D eigenvalue weighted by atomic mass is 14.6. The molecule has 0 spiro atoms. The van der Waals surface area contributed by atoms with Crippen LogP contribution < -0.4 is 0 Å². The molecule has 2 aromatic carbocycles. The molecule has 8 rings (SSSR count). The van der Waals surface area contributed by atoms with Crippen LogP contribution in [0, 0.1) is 0 Å². The van der Waals surface area contributed by atoms with Crippen LogP contribution in [-0.2, 0) is 0 Å². The van der Waals surface area contributed by atoms with E-state index >= 15 is 0 Å². The molecular weight excluding hydrogens is 589 g/mol. The van der Waals surface area contributed by atoms with E-state index in [1.54, 1.807) is 0 Å². The van der Waals surface area contributed by atoms with Gasteiger partial charge in [0.1, 0.15) is 0 Å². The lowest BCUT2D eigenvalue weighted by Crippen LogP contribution is -1.96. The summed E-state index contributed by atoms with van der Waals surface area (Å²) in [6.45, 7) is 0. The minimum absolute atomic E-state index is 1.08. The van der Waals surface area contributed by atoms with Gasteiger partial charge in [-0.3, -0.25) is 29.9 Å². The minimum atomic E-state index is 1.08. The molecule has 0 aliphatic carbocycles. The van der Waals surface area contributed by atoms with Crippen LogP contribution >= 0.6 is 0 Å². The number of rotatable bonds is 7. The van der Waals surface area contributed by atoms with Crippen molar-refractivity contribution in [3.8, 4) is 77.9 Å². The minimum Gasteiger partial charge on any atom is -0.265 e. The molecule has 226 valence electrons. The van der Waals surface area contributed by atoms with E-state index in [4.69, 9.17) is 0 Å². The van der Waals surface area contributed by atoms with Gasteiger partial charge < -0.3 is 0 Å². The number of aromatic nitrogens is 6. The summed E-state index contributed by atoms with van der Waals surface area (Å²) >= 11 is 0. The smallest absolute Gasteiger partial charge is 0.0273 e. The van der Waals surface area contributed by atoms with E-state index in [9.17, 15) is 0 Å². The van der Waals surface area contributed by atoms with Gasteiger partial charge >= 0.3 is 0 Å². The van der Waals surface area contributed by atoms with Gasteiger partial charge in [-0.15, -0.1) is 0 Å². The molecule has 0 unspecified atom stereocenters. The van der Waals surface area contributed by atoms with Crippen molar-refractivity contribution in [1.82, 2.24) is 29.9 Å². The Bertz CT molecular complexity index is 2010. The molecule has 0 saturated carbocycles. The summed E-state index contributed by atoms with van der Waals surface area (Å²) in [7, 11) is 0. The van der Waals surface area contributed by atoms with Gasteiger partial charge in [-0.1, -0.05) is 0 Å². The molecule has 6 aromatic heterocycles. The quantitative estimate of drug-likeness (QED) is 0.177. The molecule has 0 N–H and O–H groups in total. The molecule has 0 aliphatic heterocycles. The van der Waals surface area contributed by atoms with Gasteiger partial charge in [0.25, 0.3) is 0 Å². The number of hydrogen-bond acceptors (Lipinski definition) is 6. The highest BCUT2D eigenvalue weighted by Crippen LogP contribution is 2.46. The first kappa shape index (κ1) is 28.8. The van der Waals surface area contributed by atoms with Gasteiger partial charge in [0.2, 0.25) is 0 Å². The Morgan fingerprint density at radius 1 is 0.208 bits per heavy atom. The fraction of sp³-hybridized carbons (Fsp3) is 0. The number of benzene rings is 2. The maximum atomic E-state index is 4.33. The van der Waals surface area contributed by atoms with Crippen LogP contribution in [0.25, 0.3) is 77.9 Å². The van der Waals surface area contributed by atoms with Crippen LogP contribution in [0.1, 0.15) is 0 Å². The third-order valence-corrected chi connectivity index (χ3v) is 8.51. The SMILES string of the molecule is c1cc(-c2cc(-c3cc(-c4ccncc4)c(-c4ccncc4)c(-c4ccncc4)c3)cc(-c3ccncc3)c2-c2ccncc2)ccn1. The Balaban J connectivity index is 1.48. The van der Waals surface area contributed by atoms with Gasteiger partial charge in [0, 0.05) is 74.4 Å². The van der Waals surface area contributed by atoms with E-state index in [1.807, 2.05) is 74.4 Å². The van der Waals surface area contributed by atoms with E-state index in [-0.39, 0.29) is 0 Å². The van der Waals surface area contributed by atoms with Crippen LogP contribution in [0.3, 0.4) is 0 Å². The molecular formula is C42H28N6. The topological polar surface area (TPSA) is 77.3 Å². The van der Waals surface area contributed by atoms with Gasteiger partial charge in [-0.05, 0) is 175 Å². The Morgan fingerprint density at radius 2 is 0.396 bits per heavy atom. The van der Waals surface area contributed by atoms with Gasteiger partial charge in [0.15, 0.2) is 0 Å². The molecule has 0 amide bonds. The summed E-state index contributed by atoms with van der Waals surface area (Å²) in [6.07, 6.45) is 22.1. The molecule has 0 radical (unpaired) electrons. The average Bonchev–Trinajstić information content (AvgIpc) is 3.19. The summed E-state index contributed by atoms with van der Waals surface area (Å²) in [6, 6.07) is 34.0. The van der Waals surface area contributed by atoms with Crippen molar-refractivity contribution in [2.75, 3.05) is 0 Å². The first-order valence-corrected chi connectivity index (χ1v) is 15.6. The highest BCUT2D eigenvalue weighted by Gasteiger charge is 2.21. The zero-order valence-corrected chi connectivity index (χ0v) is 25.8. The van der Waals surface area contributed by atoms with Crippen LogP contribution in [-0.4, -0.2) is 29.9 Å². The molecule has 0 atom stereocenters. The fourth-order valence-corrected chi connectivity index (χ4v) is 6.31. The van der Waals surface area contributed by atoms with Crippen molar-refractivity contribution in [2.45, 2.75) is 0 Å². The zero-order valence-electron chi connectivity index (χ0n) is 25.8. The largest absolute Gasteiger partial charge is 0.265 e. The average molecular weight is 617 g/mol. The van der Waals surface area contributed by atoms with Crippen molar-refractivity contribution in [2.24, 2.45) is 0 Å². The predicted molar refractivity (Wildman–Crippen MR) is 191 cm³/mol. The van der Waals surface area contributed by atoms with Crippen LogP contribution in [0.5, 0.6) is 0 Å². The fourth-order valence-electron chi connectivity index (χ4n) is 6.31. The molecule has 6 heterocycles. The van der Waals surface area contributed by atoms with Crippen molar-refractivity contribution in [3.63, 3.8) is 0 Å². The molecule has 6 nitrogen and oxygen atoms in total. The van der Waals surface area contributed by atoms with Crippen molar-refractivity contribution < 1.29 is 0 Å². The summed E-state index contributed by atoms with van der Waals surface area (Å²) in [5.74, 6) is 0. The maximum absolute atomic E-state index is 4.33. The number of hydrogen-bond donors (Lipinski definition) is 0. The van der Waals surface area contributed by atoms with Crippen molar-refractivity contribution in [3.05, 3.63) is 171 Å². The summed E-state index contributed by atoms with van der Waals surface area (Å²) in [4.78, 5) is 26.0. The van der Waals surface area contributed by atoms with E-state index in [2.05, 4.69) is 127 Å².